The van der Waals surface area contributed by atoms with Crippen molar-refractivity contribution in [1.82, 2.24) is 0 Å². The second-order valence-electron chi connectivity index (χ2n) is 6.98. The molecule has 1 aromatic carbocycles. The Hall–Kier alpha value is -2.30. The lowest BCUT2D eigenvalue weighted by atomic mass is 9.86. The fourth-order valence-electron chi connectivity index (χ4n) is 2.96. The Bertz CT molecular complexity index is 757. The van der Waals surface area contributed by atoms with Crippen LogP contribution in [0.4, 0.5) is 4.39 Å². The fraction of sp³-hybridized carbons (Fsp3) is 0.450. The molecule has 5 heteroatoms. The van der Waals surface area contributed by atoms with Crippen LogP contribution in [-0.4, -0.2) is 23.3 Å². The van der Waals surface area contributed by atoms with Crippen LogP contribution in [0.1, 0.15) is 52.7 Å². The molecule has 1 aliphatic rings. The highest BCUT2D eigenvalue weighted by molar-refractivity contribution is 5.95. The van der Waals surface area contributed by atoms with Crippen molar-refractivity contribution in [2.24, 2.45) is 5.92 Å². The van der Waals surface area contributed by atoms with Crippen molar-refractivity contribution in [3.63, 3.8) is 0 Å². The van der Waals surface area contributed by atoms with Crippen LogP contribution in [0.2, 0.25) is 0 Å². The van der Waals surface area contributed by atoms with E-state index >= 15 is 0 Å². The molecule has 1 aliphatic heterocycles. The second kappa shape index (κ2) is 6.90. The Morgan fingerprint density at radius 3 is 2.52 bits per heavy atom. The van der Waals surface area contributed by atoms with Crippen molar-refractivity contribution >= 4 is 17.1 Å². The highest BCUT2D eigenvalue weighted by Crippen LogP contribution is 2.44. The molecule has 25 heavy (non-hydrogen) atoms. The van der Waals surface area contributed by atoms with Crippen LogP contribution < -0.4 is 9.47 Å². The van der Waals surface area contributed by atoms with Gasteiger partial charge in [-0.1, -0.05) is 13.8 Å². The summed E-state index contributed by atoms with van der Waals surface area (Å²) in [6, 6.07) is 3.49. The number of benzene rings is 1. The second-order valence-corrected chi connectivity index (χ2v) is 6.98. The number of aliphatic carboxylic acids is 1. The van der Waals surface area contributed by atoms with Gasteiger partial charge in [0.25, 0.3) is 0 Å². The number of rotatable bonds is 5. The lowest BCUT2D eigenvalue weighted by molar-refractivity contribution is -0.134. The van der Waals surface area contributed by atoms with E-state index in [-0.39, 0.29) is 11.5 Å². The number of allylic oxidation sites excluding steroid dienone is 2. The first-order chi connectivity index (χ1) is 11.6. The highest BCUT2D eigenvalue weighted by atomic mass is 19.1. The van der Waals surface area contributed by atoms with E-state index in [1.54, 1.807) is 12.1 Å². The van der Waals surface area contributed by atoms with Crippen molar-refractivity contribution in [3.05, 3.63) is 35.2 Å². The Kier molecular flexibility index (Phi) is 5.26. The smallest absolute Gasteiger partial charge is 0.365 e. The van der Waals surface area contributed by atoms with Gasteiger partial charge in [-0.2, -0.15) is 4.39 Å². The van der Waals surface area contributed by atoms with Gasteiger partial charge in [0.2, 0.25) is 5.83 Å². The molecule has 0 radical (unpaired) electrons. The SMILES string of the molecule is CCOc1cc2c(cc1C(C)=C(F)C(=O)O)C(C(C)C)=CC(C)(C)O2. The molecule has 0 unspecified atom stereocenters. The summed E-state index contributed by atoms with van der Waals surface area (Å²) in [5, 5.41) is 8.97. The summed E-state index contributed by atoms with van der Waals surface area (Å²) in [6.45, 7) is 11.7. The van der Waals surface area contributed by atoms with Crippen LogP contribution in [-0.2, 0) is 4.79 Å². The molecule has 2 rings (SSSR count). The van der Waals surface area contributed by atoms with Gasteiger partial charge >= 0.3 is 5.97 Å². The topological polar surface area (TPSA) is 55.8 Å². The van der Waals surface area contributed by atoms with Crippen LogP contribution in [0.25, 0.3) is 11.1 Å². The molecule has 0 aromatic heterocycles. The molecule has 1 aromatic rings. The predicted molar refractivity (Wildman–Crippen MR) is 96.5 cm³/mol. The summed E-state index contributed by atoms with van der Waals surface area (Å²) in [7, 11) is 0. The summed E-state index contributed by atoms with van der Waals surface area (Å²) < 4.78 is 25.7. The summed E-state index contributed by atoms with van der Waals surface area (Å²) in [5.41, 5.74) is 1.92. The predicted octanol–water partition coefficient (Wildman–Crippen LogP) is 5.08. The first kappa shape index (κ1) is 19.0. The molecule has 136 valence electrons. The zero-order valence-electron chi connectivity index (χ0n) is 15.6. The molecule has 0 atom stereocenters. The van der Waals surface area contributed by atoms with Gasteiger partial charge < -0.3 is 14.6 Å². The monoisotopic (exact) mass is 348 g/mol. The Morgan fingerprint density at radius 2 is 2.00 bits per heavy atom. The van der Waals surface area contributed by atoms with Crippen LogP contribution >= 0.6 is 0 Å². The largest absolute Gasteiger partial charge is 0.493 e. The lowest BCUT2D eigenvalue weighted by Gasteiger charge is -2.33. The molecule has 0 aliphatic carbocycles. The Balaban J connectivity index is 2.74. The molecule has 0 saturated carbocycles. The van der Waals surface area contributed by atoms with E-state index < -0.39 is 17.4 Å². The van der Waals surface area contributed by atoms with E-state index in [1.807, 2.05) is 20.8 Å². The number of carbonyl (C=O) groups is 1. The number of ether oxygens (including phenoxy) is 2. The minimum Gasteiger partial charge on any atom is -0.493 e. The maximum absolute atomic E-state index is 14.0. The molecule has 0 spiro atoms. The van der Waals surface area contributed by atoms with Crippen LogP contribution in [0.5, 0.6) is 11.5 Å². The Labute approximate surface area is 148 Å². The van der Waals surface area contributed by atoms with Gasteiger partial charge in [0, 0.05) is 22.8 Å². The van der Waals surface area contributed by atoms with Crippen molar-refractivity contribution in [2.45, 2.75) is 47.1 Å². The standard InChI is InChI=1S/C20H25FO4/c1-7-24-16-9-17-14(8-13(16)12(4)18(21)19(22)23)15(11(2)3)10-20(5,6)25-17/h8-11H,7H2,1-6H3,(H,22,23). The average Bonchev–Trinajstić information content (AvgIpc) is 2.51. The number of halogens is 1. The summed E-state index contributed by atoms with van der Waals surface area (Å²) in [4.78, 5) is 11.0. The average molecular weight is 348 g/mol. The molecule has 1 heterocycles. The van der Waals surface area contributed by atoms with E-state index in [0.29, 0.717) is 23.7 Å². The first-order valence-corrected chi connectivity index (χ1v) is 8.40. The van der Waals surface area contributed by atoms with Gasteiger partial charge in [-0.05, 0) is 51.3 Å². The third-order valence-electron chi connectivity index (χ3n) is 4.11. The summed E-state index contributed by atoms with van der Waals surface area (Å²) in [6.07, 6.45) is 2.05. The van der Waals surface area contributed by atoms with Crippen molar-refractivity contribution in [1.29, 1.82) is 0 Å². The van der Waals surface area contributed by atoms with Crippen LogP contribution in [0, 0.1) is 5.92 Å². The zero-order chi connectivity index (χ0) is 18.9. The third kappa shape index (κ3) is 3.86. The Morgan fingerprint density at radius 1 is 1.36 bits per heavy atom. The van der Waals surface area contributed by atoms with Crippen molar-refractivity contribution in [2.75, 3.05) is 6.61 Å². The maximum Gasteiger partial charge on any atom is 0.365 e. The van der Waals surface area contributed by atoms with E-state index in [0.717, 1.165) is 11.1 Å². The molecular weight excluding hydrogens is 323 g/mol. The van der Waals surface area contributed by atoms with Gasteiger partial charge in [0.05, 0.1) is 6.61 Å². The van der Waals surface area contributed by atoms with E-state index in [2.05, 4.69) is 19.9 Å². The molecule has 0 bridgehead atoms. The normalized spacial score (nSPS) is 16.6. The number of carboxylic acid groups (broad SMARTS) is 1. The zero-order valence-corrected chi connectivity index (χ0v) is 15.6. The van der Waals surface area contributed by atoms with Crippen molar-refractivity contribution < 1.29 is 23.8 Å². The number of fused-ring (bicyclic) bond motifs is 1. The van der Waals surface area contributed by atoms with Gasteiger partial charge in [0.15, 0.2) is 0 Å². The maximum atomic E-state index is 14.0. The minimum atomic E-state index is -1.59. The van der Waals surface area contributed by atoms with E-state index in [1.165, 1.54) is 6.92 Å². The van der Waals surface area contributed by atoms with Crippen molar-refractivity contribution in [3.8, 4) is 11.5 Å². The van der Waals surface area contributed by atoms with Crippen LogP contribution in [0.15, 0.2) is 24.0 Å². The van der Waals surface area contributed by atoms with Gasteiger partial charge in [0.1, 0.15) is 17.1 Å². The quantitative estimate of drug-likeness (QED) is 0.754. The fourth-order valence-corrected chi connectivity index (χ4v) is 2.96. The third-order valence-corrected chi connectivity index (χ3v) is 4.11. The molecule has 4 nitrogen and oxygen atoms in total. The van der Waals surface area contributed by atoms with E-state index in [9.17, 15) is 9.18 Å². The molecule has 0 saturated heterocycles. The molecular formula is C20H25FO4. The number of carboxylic acids is 1. The summed E-state index contributed by atoms with van der Waals surface area (Å²) >= 11 is 0. The van der Waals surface area contributed by atoms with Crippen LogP contribution in [0.3, 0.4) is 0 Å². The minimum absolute atomic E-state index is 0.0340. The molecule has 0 amide bonds. The number of hydrogen-bond donors (Lipinski definition) is 1. The van der Waals surface area contributed by atoms with E-state index in [4.69, 9.17) is 14.6 Å². The van der Waals surface area contributed by atoms with Gasteiger partial charge in [-0.15, -0.1) is 0 Å². The molecule has 0 fully saturated rings. The van der Waals surface area contributed by atoms with Gasteiger partial charge in [-0.3, -0.25) is 0 Å². The summed E-state index contributed by atoms with van der Waals surface area (Å²) in [5.74, 6) is -1.47. The molecule has 1 N–H and O–H groups in total. The highest BCUT2D eigenvalue weighted by Gasteiger charge is 2.30. The van der Waals surface area contributed by atoms with Gasteiger partial charge in [-0.25, -0.2) is 4.79 Å². The first-order valence-electron chi connectivity index (χ1n) is 8.40. The lowest BCUT2D eigenvalue weighted by Crippen LogP contribution is -2.30. The number of hydrogen-bond acceptors (Lipinski definition) is 3.